The van der Waals surface area contributed by atoms with E-state index in [1.807, 2.05) is 6.07 Å². The van der Waals surface area contributed by atoms with Gasteiger partial charge in [0.1, 0.15) is 5.21 Å². The molecule has 2 aromatic rings. The smallest absolute Gasteiger partial charge is 0.273 e. The zero-order valence-electron chi connectivity index (χ0n) is 10.8. The van der Waals surface area contributed by atoms with Gasteiger partial charge < -0.3 is 0 Å². The molecule has 0 spiro atoms. The Kier molecular flexibility index (Phi) is 3.42. The summed E-state index contributed by atoms with van der Waals surface area (Å²) in [6.07, 6.45) is 0. The van der Waals surface area contributed by atoms with Crippen molar-refractivity contribution < 1.29 is 8.42 Å². The molecule has 0 saturated carbocycles. The molecule has 21 heavy (non-hydrogen) atoms. The Morgan fingerprint density at radius 1 is 1.14 bits per heavy atom. The maximum absolute atomic E-state index is 12.4. The fraction of sp³-hybridized carbons (Fsp3) is 0.250. The number of halogens is 1. The van der Waals surface area contributed by atoms with E-state index in [-0.39, 0.29) is 30.3 Å². The molecule has 0 radical (unpaired) electrons. The molecule has 0 bridgehead atoms. The molecule has 7 nitrogen and oxygen atoms in total. The molecular formula is C12H11ClN4O3S. The lowest BCUT2D eigenvalue weighted by molar-refractivity contribution is 0.596. The molecule has 3 rings (SSSR count). The first-order valence-corrected chi connectivity index (χ1v) is 8.28. The largest absolute Gasteiger partial charge is 0.281 e. The summed E-state index contributed by atoms with van der Waals surface area (Å²) < 4.78 is 26.0. The van der Waals surface area contributed by atoms with Gasteiger partial charge in [0, 0.05) is 12.1 Å². The van der Waals surface area contributed by atoms with Crippen molar-refractivity contribution in [3.05, 3.63) is 40.7 Å². The predicted molar refractivity (Wildman–Crippen MR) is 78.7 cm³/mol. The highest BCUT2D eigenvalue weighted by molar-refractivity contribution is 7.93. The summed E-state index contributed by atoms with van der Waals surface area (Å²) in [4.78, 5) is 12.4. The summed E-state index contributed by atoms with van der Waals surface area (Å²) in [5, 5.41) is 7.21. The van der Waals surface area contributed by atoms with Crippen LogP contribution in [0.1, 0.15) is 0 Å². The first-order valence-electron chi connectivity index (χ1n) is 6.14. The summed E-state index contributed by atoms with van der Waals surface area (Å²) in [5.41, 5.74) is 0.479. The normalized spacial score (nSPS) is 14.2. The van der Waals surface area contributed by atoms with E-state index >= 15 is 0 Å². The van der Waals surface area contributed by atoms with Crippen LogP contribution in [0.3, 0.4) is 0 Å². The number of rotatable bonds is 3. The quantitative estimate of drug-likeness (QED) is 0.773. The number of fused-ring (bicyclic) bond motifs is 1. The van der Waals surface area contributed by atoms with Crippen LogP contribution >= 0.6 is 11.6 Å². The highest BCUT2D eigenvalue weighted by atomic mass is 35.5. The molecule has 110 valence electrons. The van der Waals surface area contributed by atoms with Gasteiger partial charge >= 0.3 is 0 Å². The summed E-state index contributed by atoms with van der Waals surface area (Å²) in [6, 6.07) is 8.91. The van der Waals surface area contributed by atoms with Crippen molar-refractivity contribution in [2.24, 2.45) is 0 Å². The maximum Gasteiger partial charge on any atom is 0.281 e. The van der Waals surface area contributed by atoms with Gasteiger partial charge in [-0.25, -0.2) is 12.7 Å². The van der Waals surface area contributed by atoms with Crippen molar-refractivity contribution in [2.75, 3.05) is 16.1 Å². The monoisotopic (exact) mass is 326 g/mol. The molecule has 1 aliphatic heterocycles. The van der Waals surface area contributed by atoms with Crippen LogP contribution in [0.2, 0.25) is 0 Å². The number of sulfonamides is 1. The van der Waals surface area contributed by atoms with Gasteiger partial charge in [-0.2, -0.15) is 0 Å². The lowest BCUT2D eigenvalue weighted by Gasteiger charge is -2.14. The fourth-order valence-electron chi connectivity index (χ4n) is 2.19. The third kappa shape index (κ3) is 2.30. The zero-order valence-corrected chi connectivity index (χ0v) is 12.4. The highest BCUT2D eigenvalue weighted by Crippen LogP contribution is 2.22. The Morgan fingerprint density at radius 2 is 1.86 bits per heavy atom. The van der Waals surface area contributed by atoms with Gasteiger partial charge in [-0.15, -0.1) is 21.8 Å². The molecule has 0 N–H and O–H groups in total. The van der Waals surface area contributed by atoms with Crippen LogP contribution < -0.4 is 9.86 Å². The molecule has 2 heterocycles. The third-order valence-electron chi connectivity index (χ3n) is 3.20. The minimum atomic E-state index is -3.67. The minimum Gasteiger partial charge on any atom is -0.273 e. The molecule has 9 heteroatoms. The SMILES string of the molecule is O=c1c(-c2ccccc2)nnc2n1CCN2S(=O)(=O)CCl. The van der Waals surface area contributed by atoms with Gasteiger partial charge in [-0.05, 0) is 0 Å². The van der Waals surface area contributed by atoms with E-state index in [9.17, 15) is 13.2 Å². The number of nitrogens with zero attached hydrogens (tertiary/aromatic N) is 4. The van der Waals surface area contributed by atoms with E-state index in [1.54, 1.807) is 24.3 Å². The van der Waals surface area contributed by atoms with Gasteiger partial charge in [0.15, 0.2) is 5.69 Å². The van der Waals surface area contributed by atoms with Crippen LogP contribution in [0.4, 0.5) is 5.95 Å². The molecule has 0 unspecified atom stereocenters. The van der Waals surface area contributed by atoms with Gasteiger partial charge in [-0.3, -0.25) is 9.36 Å². The molecule has 1 aromatic carbocycles. The van der Waals surface area contributed by atoms with Gasteiger partial charge in [0.25, 0.3) is 15.6 Å². The van der Waals surface area contributed by atoms with Crippen LogP contribution in [0, 0.1) is 0 Å². The molecule has 0 fully saturated rings. The van der Waals surface area contributed by atoms with Crippen molar-refractivity contribution >= 4 is 27.6 Å². The molecule has 0 saturated heterocycles. The number of anilines is 1. The Balaban J connectivity index is 2.13. The average Bonchev–Trinajstić information content (AvgIpc) is 2.94. The van der Waals surface area contributed by atoms with Crippen molar-refractivity contribution in [3.8, 4) is 11.3 Å². The van der Waals surface area contributed by atoms with Gasteiger partial charge in [0.2, 0.25) is 5.95 Å². The Hall–Kier alpha value is -1.93. The third-order valence-corrected chi connectivity index (χ3v) is 5.32. The molecule has 0 aliphatic carbocycles. The Morgan fingerprint density at radius 3 is 2.52 bits per heavy atom. The lowest BCUT2D eigenvalue weighted by Crippen LogP contribution is -2.31. The van der Waals surface area contributed by atoms with E-state index < -0.39 is 15.2 Å². The molecule has 0 atom stereocenters. The first kappa shape index (κ1) is 14.0. The average molecular weight is 327 g/mol. The molecule has 1 aromatic heterocycles. The van der Waals surface area contributed by atoms with Crippen molar-refractivity contribution in [1.29, 1.82) is 0 Å². The second kappa shape index (κ2) is 5.12. The van der Waals surface area contributed by atoms with Crippen LogP contribution in [0.25, 0.3) is 11.3 Å². The predicted octanol–water partition coefficient (Wildman–Crippen LogP) is 0.651. The van der Waals surface area contributed by atoms with Crippen molar-refractivity contribution in [1.82, 2.24) is 14.8 Å². The molecular weight excluding hydrogens is 316 g/mol. The fourth-order valence-corrected chi connectivity index (χ4v) is 3.40. The van der Waals surface area contributed by atoms with Gasteiger partial charge in [-0.1, -0.05) is 30.3 Å². The van der Waals surface area contributed by atoms with E-state index in [2.05, 4.69) is 10.2 Å². The van der Waals surface area contributed by atoms with Crippen LogP contribution in [0.5, 0.6) is 0 Å². The van der Waals surface area contributed by atoms with E-state index in [4.69, 9.17) is 11.6 Å². The first-order chi connectivity index (χ1) is 10.0. The van der Waals surface area contributed by atoms with Crippen LogP contribution in [-0.4, -0.2) is 34.9 Å². The number of benzene rings is 1. The summed E-state index contributed by atoms with van der Waals surface area (Å²) >= 11 is 5.44. The minimum absolute atomic E-state index is 0.0142. The van der Waals surface area contributed by atoms with Crippen molar-refractivity contribution in [2.45, 2.75) is 6.54 Å². The number of aromatic nitrogens is 3. The summed E-state index contributed by atoms with van der Waals surface area (Å²) in [6.45, 7) is 0.372. The zero-order chi connectivity index (χ0) is 15.0. The van der Waals surface area contributed by atoms with Crippen molar-refractivity contribution in [3.63, 3.8) is 0 Å². The molecule has 0 amide bonds. The number of hydrogen-bond donors (Lipinski definition) is 0. The summed E-state index contributed by atoms with van der Waals surface area (Å²) in [7, 11) is -3.67. The topological polar surface area (TPSA) is 85.2 Å². The van der Waals surface area contributed by atoms with Crippen LogP contribution in [-0.2, 0) is 16.6 Å². The van der Waals surface area contributed by atoms with E-state index in [0.29, 0.717) is 5.56 Å². The standard InChI is InChI=1S/C12H11ClN4O3S/c13-8-21(19,20)17-7-6-16-11(18)10(14-15-12(16)17)9-4-2-1-3-5-9/h1-5H,6-8H2. The lowest BCUT2D eigenvalue weighted by atomic mass is 10.2. The molecule has 1 aliphatic rings. The maximum atomic E-state index is 12.4. The Labute approximate surface area is 125 Å². The van der Waals surface area contributed by atoms with E-state index in [1.165, 1.54) is 4.57 Å². The second-order valence-corrected chi connectivity index (χ2v) is 6.94. The highest BCUT2D eigenvalue weighted by Gasteiger charge is 2.32. The summed E-state index contributed by atoms with van der Waals surface area (Å²) in [5.74, 6) is 0.0142. The second-order valence-electron chi connectivity index (χ2n) is 4.46. The Bertz CT molecular complexity index is 835. The van der Waals surface area contributed by atoms with E-state index in [0.717, 1.165) is 4.31 Å². The van der Waals surface area contributed by atoms with Gasteiger partial charge in [0.05, 0.1) is 6.54 Å². The number of hydrogen-bond acceptors (Lipinski definition) is 5. The number of alkyl halides is 1. The van der Waals surface area contributed by atoms with Crippen LogP contribution in [0.15, 0.2) is 35.1 Å².